The van der Waals surface area contributed by atoms with Crippen molar-refractivity contribution in [1.82, 2.24) is 29.7 Å². The normalized spacial score (nSPS) is 22.0. The second kappa shape index (κ2) is 6.00. The van der Waals surface area contributed by atoms with Crippen LogP contribution in [0.3, 0.4) is 0 Å². The number of nitrogens with zero attached hydrogens (tertiary/aromatic N) is 6. The fourth-order valence-corrected chi connectivity index (χ4v) is 2.40. The van der Waals surface area contributed by atoms with Crippen molar-refractivity contribution < 1.29 is 5.11 Å². The van der Waals surface area contributed by atoms with Gasteiger partial charge in [-0.25, -0.2) is 4.98 Å². The van der Waals surface area contributed by atoms with E-state index in [9.17, 15) is 5.11 Å². The lowest BCUT2D eigenvalue weighted by Crippen LogP contribution is -2.37. The van der Waals surface area contributed by atoms with Crippen LogP contribution >= 0.6 is 0 Å². The molecule has 9 heteroatoms. The van der Waals surface area contributed by atoms with Crippen LogP contribution < -0.4 is 10.6 Å². The Morgan fingerprint density at radius 2 is 2.00 bits per heavy atom. The van der Waals surface area contributed by atoms with E-state index in [1.807, 2.05) is 0 Å². The van der Waals surface area contributed by atoms with Gasteiger partial charge < -0.3 is 15.7 Å². The standard InChI is InChI=1S/C12H18N8O/c1-13-10-17-11(16-8-4-2-3-5-9(8)21)19-12(18-10)20-7-14-6-15-20/h6-9,21H,2-5H2,1H3,(H2,13,16,17,18,19). The Hall–Kier alpha value is -2.29. The van der Waals surface area contributed by atoms with Crippen LogP contribution in [0.15, 0.2) is 12.7 Å². The van der Waals surface area contributed by atoms with Gasteiger partial charge in [0.1, 0.15) is 12.7 Å². The van der Waals surface area contributed by atoms with Crippen molar-refractivity contribution in [3.63, 3.8) is 0 Å². The molecule has 2 unspecified atom stereocenters. The molecule has 1 saturated carbocycles. The average Bonchev–Trinajstić information content (AvgIpc) is 3.04. The largest absolute Gasteiger partial charge is 0.391 e. The van der Waals surface area contributed by atoms with Gasteiger partial charge >= 0.3 is 0 Å². The maximum absolute atomic E-state index is 10.0. The molecule has 3 N–H and O–H groups in total. The Morgan fingerprint density at radius 1 is 1.19 bits per heavy atom. The van der Waals surface area contributed by atoms with Gasteiger partial charge in [0.05, 0.1) is 12.1 Å². The van der Waals surface area contributed by atoms with E-state index in [1.54, 1.807) is 7.05 Å². The molecule has 0 amide bonds. The smallest absolute Gasteiger partial charge is 0.258 e. The molecule has 2 atom stereocenters. The molecule has 2 aromatic heterocycles. The van der Waals surface area contributed by atoms with E-state index < -0.39 is 0 Å². The lowest BCUT2D eigenvalue weighted by Gasteiger charge is -2.28. The highest BCUT2D eigenvalue weighted by molar-refractivity contribution is 5.38. The number of hydrogen-bond acceptors (Lipinski definition) is 8. The topological polar surface area (TPSA) is 114 Å². The molecule has 0 radical (unpaired) electrons. The fourth-order valence-electron chi connectivity index (χ4n) is 2.40. The molecule has 0 aliphatic heterocycles. The molecular weight excluding hydrogens is 272 g/mol. The number of hydrogen-bond donors (Lipinski definition) is 3. The van der Waals surface area contributed by atoms with Crippen molar-refractivity contribution in [1.29, 1.82) is 0 Å². The summed E-state index contributed by atoms with van der Waals surface area (Å²) in [6.07, 6.45) is 6.42. The molecule has 2 heterocycles. The van der Waals surface area contributed by atoms with Crippen LogP contribution in [0.4, 0.5) is 11.9 Å². The van der Waals surface area contributed by atoms with Gasteiger partial charge in [-0.05, 0) is 12.8 Å². The zero-order chi connectivity index (χ0) is 14.7. The van der Waals surface area contributed by atoms with Crippen molar-refractivity contribution in [2.24, 2.45) is 0 Å². The van der Waals surface area contributed by atoms with Crippen LogP contribution in [0.1, 0.15) is 25.7 Å². The maximum Gasteiger partial charge on any atom is 0.258 e. The van der Waals surface area contributed by atoms with E-state index in [2.05, 4.69) is 35.7 Å². The van der Waals surface area contributed by atoms with Crippen molar-refractivity contribution in [3.05, 3.63) is 12.7 Å². The Kier molecular flexibility index (Phi) is 3.91. The Bertz CT molecular complexity index is 587. The van der Waals surface area contributed by atoms with Crippen LogP contribution in [0.25, 0.3) is 5.95 Å². The van der Waals surface area contributed by atoms with E-state index in [0.29, 0.717) is 17.8 Å². The second-order valence-electron chi connectivity index (χ2n) is 4.98. The van der Waals surface area contributed by atoms with Gasteiger partial charge in [0, 0.05) is 7.05 Å². The van der Waals surface area contributed by atoms with E-state index in [1.165, 1.54) is 17.3 Å². The fraction of sp³-hybridized carbons (Fsp3) is 0.583. The minimum atomic E-state index is -0.372. The van der Waals surface area contributed by atoms with Gasteiger partial charge in [-0.3, -0.25) is 0 Å². The summed E-state index contributed by atoms with van der Waals surface area (Å²) in [4.78, 5) is 16.7. The summed E-state index contributed by atoms with van der Waals surface area (Å²) in [5.41, 5.74) is 0. The summed E-state index contributed by atoms with van der Waals surface area (Å²) in [6, 6.07) is -0.0329. The number of aromatic nitrogens is 6. The second-order valence-corrected chi connectivity index (χ2v) is 4.98. The van der Waals surface area contributed by atoms with E-state index in [0.717, 1.165) is 25.7 Å². The highest BCUT2D eigenvalue weighted by Gasteiger charge is 2.24. The molecule has 3 rings (SSSR count). The van der Waals surface area contributed by atoms with Gasteiger partial charge in [-0.1, -0.05) is 12.8 Å². The molecule has 0 aromatic carbocycles. The first-order valence-corrected chi connectivity index (χ1v) is 6.99. The van der Waals surface area contributed by atoms with Crippen molar-refractivity contribution in [3.8, 4) is 5.95 Å². The summed E-state index contributed by atoms with van der Waals surface area (Å²) in [5, 5.41) is 20.1. The van der Waals surface area contributed by atoms with Crippen molar-refractivity contribution in [2.75, 3.05) is 17.7 Å². The molecule has 9 nitrogen and oxygen atoms in total. The summed E-state index contributed by atoms with van der Waals surface area (Å²) < 4.78 is 1.46. The Morgan fingerprint density at radius 3 is 2.71 bits per heavy atom. The van der Waals surface area contributed by atoms with Gasteiger partial charge in [0.25, 0.3) is 5.95 Å². The van der Waals surface area contributed by atoms with Crippen LogP contribution in [0.2, 0.25) is 0 Å². The third kappa shape index (κ3) is 3.07. The first kappa shape index (κ1) is 13.7. The van der Waals surface area contributed by atoms with E-state index >= 15 is 0 Å². The molecular formula is C12H18N8O. The summed E-state index contributed by atoms with van der Waals surface area (Å²) in [6.45, 7) is 0. The van der Waals surface area contributed by atoms with E-state index in [-0.39, 0.29) is 12.1 Å². The van der Waals surface area contributed by atoms with Gasteiger partial charge in [0.15, 0.2) is 0 Å². The number of aliphatic hydroxyl groups excluding tert-OH is 1. The molecule has 0 bridgehead atoms. The highest BCUT2D eigenvalue weighted by Crippen LogP contribution is 2.21. The maximum atomic E-state index is 10.0. The molecule has 1 aliphatic carbocycles. The first-order valence-electron chi connectivity index (χ1n) is 6.99. The summed E-state index contributed by atoms with van der Waals surface area (Å²) in [5.74, 6) is 1.23. The number of rotatable bonds is 4. The van der Waals surface area contributed by atoms with Crippen molar-refractivity contribution >= 4 is 11.9 Å². The number of aliphatic hydroxyl groups is 1. The SMILES string of the molecule is CNc1nc(NC2CCCCC2O)nc(-n2cncn2)n1. The lowest BCUT2D eigenvalue weighted by molar-refractivity contribution is 0.116. The molecule has 0 saturated heterocycles. The Balaban J connectivity index is 1.85. The molecule has 1 fully saturated rings. The average molecular weight is 290 g/mol. The zero-order valence-electron chi connectivity index (χ0n) is 11.8. The minimum Gasteiger partial charge on any atom is -0.391 e. The predicted octanol–water partition coefficient (Wildman–Crippen LogP) is 0.209. The van der Waals surface area contributed by atoms with E-state index in [4.69, 9.17) is 0 Å². The Labute approximate surface area is 121 Å². The summed E-state index contributed by atoms with van der Waals surface area (Å²) >= 11 is 0. The quantitative estimate of drug-likeness (QED) is 0.732. The van der Waals surface area contributed by atoms with Gasteiger partial charge in [0.2, 0.25) is 11.9 Å². The summed E-state index contributed by atoms with van der Waals surface area (Å²) in [7, 11) is 1.74. The van der Waals surface area contributed by atoms with Crippen LogP contribution in [0.5, 0.6) is 0 Å². The van der Waals surface area contributed by atoms with Gasteiger partial charge in [-0.15, -0.1) is 0 Å². The third-order valence-electron chi connectivity index (χ3n) is 3.51. The first-order chi connectivity index (χ1) is 10.3. The van der Waals surface area contributed by atoms with Crippen molar-refractivity contribution in [2.45, 2.75) is 37.8 Å². The molecule has 1 aliphatic rings. The highest BCUT2D eigenvalue weighted by atomic mass is 16.3. The molecule has 21 heavy (non-hydrogen) atoms. The zero-order valence-corrected chi connectivity index (χ0v) is 11.8. The van der Waals surface area contributed by atoms with Crippen LogP contribution in [-0.4, -0.2) is 54.0 Å². The van der Waals surface area contributed by atoms with Gasteiger partial charge in [-0.2, -0.15) is 24.7 Å². The monoisotopic (exact) mass is 290 g/mol. The van der Waals surface area contributed by atoms with Crippen LogP contribution in [0, 0.1) is 0 Å². The molecule has 112 valence electrons. The third-order valence-corrected chi connectivity index (χ3v) is 3.51. The number of anilines is 2. The minimum absolute atomic E-state index is 0.0329. The molecule has 0 spiro atoms. The number of nitrogens with one attached hydrogen (secondary N) is 2. The molecule has 2 aromatic rings. The predicted molar refractivity (Wildman–Crippen MR) is 76.2 cm³/mol. The lowest BCUT2D eigenvalue weighted by atomic mass is 9.93. The van der Waals surface area contributed by atoms with Crippen LogP contribution in [-0.2, 0) is 0 Å².